The first-order chi connectivity index (χ1) is 8.81. The molecule has 2 heterocycles. The molecule has 0 unspecified atom stereocenters. The van der Waals surface area contributed by atoms with E-state index in [4.69, 9.17) is 4.42 Å². The molecule has 0 saturated carbocycles. The number of fused-ring (bicyclic) bond motifs is 4. The fourth-order valence-electron chi connectivity index (χ4n) is 2.28. The van der Waals surface area contributed by atoms with Gasteiger partial charge in [-0.3, -0.25) is 9.97 Å². The third-order valence-electron chi connectivity index (χ3n) is 3.12. The monoisotopic (exact) mass is 236 g/mol. The first kappa shape index (κ1) is 9.41. The van der Waals surface area contributed by atoms with Crippen molar-refractivity contribution in [2.24, 2.45) is 0 Å². The summed E-state index contributed by atoms with van der Waals surface area (Å²) in [5.74, 6) is -0.451. The van der Waals surface area contributed by atoms with E-state index in [1.165, 1.54) is 0 Å². The number of benzene rings is 2. The van der Waals surface area contributed by atoms with E-state index in [0.29, 0.717) is 11.1 Å². The normalized spacial score (nSPS) is 11.6. The van der Waals surface area contributed by atoms with Crippen molar-refractivity contribution in [2.75, 3.05) is 0 Å². The van der Waals surface area contributed by atoms with Gasteiger partial charge in [0.2, 0.25) is 0 Å². The van der Waals surface area contributed by atoms with Crippen molar-refractivity contribution >= 4 is 32.8 Å². The predicted molar refractivity (Wildman–Crippen MR) is 69.6 cm³/mol. The van der Waals surface area contributed by atoms with E-state index < -0.39 is 5.76 Å². The lowest BCUT2D eigenvalue weighted by molar-refractivity contribution is 0.558. The van der Waals surface area contributed by atoms with Crippen molar-refractivity contribution in [3.8, 4) is 0 Å². The zero-order valence-electron chi connectivity index (χ0n) is 9.31. The van der Waals surface area contributed by atoms with Gasteiger partial charge in [-0.25, -0.2) is 4.79 Å². The number of nitrogens with zero attached hydrogens (tertiary/aromatic N) is 1. The lowest BCUT2D eigenvalue weighted by atomic mass is 10.1. The number of aromatic nitrogens is 2. The number of hydrogen-bond donors (Lipinski definition) is 1. The van der Waals surface area contributed by atoms with E-state index in [1.807, 2.05) is 36.4 Å². The summed E-state index contributed by atoms with van der Waals surface area (Å²) in [6, 6.07) is 12.0. The first-order valence-corrected chi connectivity index (χ1v) is 5.61. The molecule has 0 bridgehead atoms. The molecule has 4 heteroatoms. The van der Waals surface area contributed by atoms with Crippen LogP contribution in [0.2, 0.25) is 0 Å². The highest BCUT2D eigenvalue weighted by atomic mass is 16.4. The van der Waals surface area contributed by atoms with Crippen LogP contribution in [0, 0.1) is 0 Å². The number of rotatable bonds is 0. The summed E-state index contributed by atoms with van der Waals surface area (Å²) in [4.78, 5) is 18.2. The van der Waals surface area contributed by atoms with Crippen LogP contribution in [-0.4, -0.2) is 9.97 Å². The maximum atomic E-state index is 11.2. The molecule has 0 fully saturated rings. The molecule has 0 radical (unpaired) electrons. The van der Waals surface area contributed by atoms with Gasteiger partial charge in [0.25, 0.3) is 0 Å². The second-order valence-corrected chi connectivity index (χ2v) is 4.23. The summed E-state index contributed by atoms with van der Waals surface area (Å²) in [6.45, 7) is 0. The van der Waals surface area contributed by atoms with Gasteiger partial charge in [-0.1, -0.05) is 24.3 Å². The third-order valence-corrected chi connectivity index (χ3v) is 3.12. The zero-order chi connectivity index (χ0) is 12.1. The molecular weight excluding hydrogens is 228 g/mol. The van der Waals surface area contributed by atoms with Gasteiger partial charge in [-0.15, -0.1) is 0 Å². The highest BCUT2D eigenvalue weighted by molar-refractivity contribution is 6.06. The minimum atomic E-state index is -0.451. The molecular formula is C14H8N2O2. The molecule has 0 spiro atoms. The molecule has 2 aromatic heterocycles. The number of oxazole rings is 1. The van der Waals surface area contributed by atoms with E-state index in [0.717, 1.165) is 21.7 Å². The van der Waals surface area contributed by atoms with E-state index >= 15 is 0 Å². The fraction of sp³-hybridized carbons (Fsp3) is 0. The van der Waals surface area contributed by atoms with Gasteiger partial charge in [-0.2, -0.15) is 0 Å². The molecule has 0 aliphatic rings. The smallest absolute Gasteiger partial charge is 0.407 e. The molecule has 86 valence electrons. The van der Waals surface area contributed by atoms with E-state index in [-0.39, 0.29) is 0 Å². The molecule has 0 saturated heterocycles. The minimum Gasteiger partial charge on any atom is -0.407 e. The van der Waals surface area contributed by atoms with Crippen molar-refractivity contribution < 1.29 is 4.42 Å². The third kappa shape index (κ3) is 1.20. The average Bonchev–Trinajstić information content (AvgIpc) is 2.77. The SMILES string of the molecule is O=c1[nH]c2cnc3cc4ccccc4cc3c2o1. The second-order valence-electron chi connectivity index (χ2n) is 4.23. The van der Waals surface area contributed by atoms with Gasteiger partial charge < -0.3 is 4.42 Å². The Morgan fingerprint density at radius 1 is 1.11 bits per heavy atom. The van der Waals surface area contributed by atoms with Crippen LogP contribution in [0.15, 0.2) is 51.8 Å². The standard InChI is InChI=1S/C14H8N2O2/c17-14-16-12-7-15-11-6-9-4-2-1-3-8(9)5-10(11)13(12)18-14/h1-7H,(H,16,17). The average molecular weight is 236 g/mol. The lowest BCUT2D eigenvalue weighted by Crippen LogP contribution is -1.92. The van der Waals surface area contributed by atoms with Crippen LogP contribution in [0.1, 0.15) is 0 Å². The lowest BCUT2D eigenvalue weighted by Gasteiger charge is -2.01. The minimum absolute atomic E-state index is 0.451. The van der Waals surface area contributed by atoms with Gasteiger partial charge in [0.05, 0.1) is 11.7 Å². The highest BCUT2D eigenvalue weighted by Crippen LogP contribution is 2.26. The maximum absolute atomic E-state index is 11.2. The molecule has 0 amide bonds. The van der Waals surface area contributed by atoms with Gasteiger partial charge in [0.15, 0.2) is 5.58 Å². The summed E-state index contributed by atoms with van der Waals surface area (Å²) in [6.07, 6.45) is 1.62. The Morgan fingerprint density at radius 3 is 2.72 bits per heavy atom. The number of nitrogens with one attached hydrogen (secondary N) is 1. The molecule has 1 N–H and O–H groups in total. The molecule has 18 heavy (non-hydrogen) atoms. The van der Waals surface area contributed by atoms with Crippen molar-refractivity contribution in [1.82, 2.24) is 9.97 Å². The van der Waals surface area contributed by atoms with Gasteiger partial charge in [0.1, 0.15) is 5.52 Å². The summed E-state index contributed by atoms with van der Waals surface area (Å²) >= 11 is 0. The number of hydrogen-bond acceptors (Lipinski definition) is 3. The van der Waals surface area contributed by atoms with Gasteiger partial charge in [-0.05, 0) is 22.9 Å². The maximum Gasteiger partial charge on any atom is 0.417 e. The highest BCUT2D eigenvalue weighted by Gasteiger charge is 2.08. The molecule has 4 rings (SSSR count). The van der Waals surface area contributed by atoms with Crippen LogP contribution in [0.4, 0.5) is 0 Å². The largest absolute Gasteiger partial charge is 0.417 e. The van der Waals surface area contributed by atoms with Crippen molar-refractivity contribution in [2.45, 2.75) is 0 Å². The Morgan fingerprint density at radius 2 is 1.89 bits per heavy atom. The summed E-state index contributed by atoms with van der Waals surface area (Å²) in [5.41, 5.74) is 2.02. The van der Waals surface area contributed by atoms with E-state index in [2.05, 4.69) is 9.97 Å². The van der Waals surface area contributed by atoms with Crippen molar-refractivity contribution in [3.63, 3.8) is 0 Å². The Hall–Kier alpha value is -2.62. The number of H-pyrrole nitrogens is 1. The molecule has 0 atom stereocenters. The van der Waals surface area contributed by atoms with Crippen LogP contribution < -0.4 is 5.76 Å². The van der Waals surface area contributed by atoms with Crippen LogP contribution in [0.25, 0.3) is 32.8 Å². The summed E-state index contributed by atoms with van der Waals surface area (Å²) in [5, 5.41) is 3.07. The fourth-order valence-corrected chi connectivity index (χ4v) is 2.28. The first-order valence-electron chi connectivity index (χ1n) is 5.61. The molecule has 4 nitrogen and oxygen atoms in total. The Kier molecular flexibility index (Phi) is 1.67. The quantitative estimate of drug-likeness (QED) is 0.477. The van der Waals surface area contributed by atoms with E-state index in [9.17, 15) is 4.79 Å². The Bertz CT molecular complexity index is 950. The Labute approximate surface area is 101 Å². The topological polar surface area (TPSA) is 58.9 Å². The predicted octanol–water partition coefficient (Wildman–Crippen LogP) is 2.82. The number of aromatic amines is 1. The molecule has 4 aromatic rings. The molecule has 2 aromatic carbocycles. The Balaban J connectivity index is 2.29. The second kappa shape index (κ2) is 3.20. The van der Waals surface area contributed by atoms with Crippen LogP contribution >= 0.6 is 0 Å². The van der Waals surface area contributed by atoms with Gasteiger partial charge >= 0.3 is 5.76 Å². The molecule has 0 aliphatic heterocycles. The van der Waals surface area contributed by atoms with E-state index in [1.54, 1.807) is 6.20 Å². The van der Waals surface area contributed by atoms with Gasteiger partial charge in [0, 0.05) is 5.39 Å². The van der Waals surface area contributed by atoms with Crippen LogP contribution in [0.5, 0.6) is 0 Å². The summed E-state index contributed by atoms with van der Waals surface area (Å²) < 4.78 is 5.18. The molecule has 0 aliphatic carbocycles. The van der Waals surface area contributed by atoms with Crippen molar-refractivity contribution in [3.05, 3.63) is 53.1 Å². The summed E-state index contributed by atoms with van der Waals surface area (Å²) in [7, 11) is 0. The number of pyridine rings is 1. The van der Waals surface area contributed by atoms with Crippen LogP contribution in [0.3, 0.4) is 0 Å². The van der Waals surface area contributed by atoms with Crippen LogP contribution in [-0.2, 0) is 0 Å². The zero-order valence-corrected chi connectivity index (χ0v) is 9.31. The van der Waals surface area contributed by atoms with Crippen molar-refractivity contribution in [1.29, 1.82) is 0 Å².